The van der Waals surface area contributed by atoms with E-state index in [4.69, 9.17) is 9.47 Å². The number of aryl methyl sites for hydroxylation is 1. The molecule has 2 rings (SSSR count). The van der Waals surface area contributed by atoms with Crippen molar-refractivity contribution in [3.05, 3.63) is 59.7 Å². The SMILES string of the molecule is COc1ccc(CCNC(=O)C(C)N(C)CCCc2ccccc2)cc1OC. The van der Waals surface area contributed by atoms with Crippen molar-refractivity contribution in [2.45, 2.75) is 32.2 Å². The van der Waals surface area contributed by atoms with E-state index < -0.39 is 0 Å². The maximum atomic E-state index is 12.4. The zero-order valence-corrected chi connectivity index (χ0v) is 17.4. The molecule has 1 atom stereocenters. The molecule has 5 nitrogen and oxygen atoms in total. The van der Waals surface area contributed by atoms with E-state index in [9.17, 15) is 4.79 Å². The van der Waals surface area contributed by atoms with Gasteiger partial charge in [0, 0.05) is 6.54 Å². The summed E-state index contributed by atoms with van der Waals surface area (Å²) in [7, 11) is 5.25. The number of rotatable bonds is 11. The number of benzene rings is 2. The van der Waals surface area contributed by atoms with E-state index in [2.05, 4.69) is 34.5 Å². The number of carbonyl (C=O) groups excluding carboxylic acids is 1. The maximum Gasteiger partial charge on any atom is 0.237 e. The molecule has 0 saturated carbocycles. The Bertz CT molecular complexity index is 734. The molecule has 1 N–H and O–H groups in total. The van der Waals surface area contributed by atoms with Crippen LogP contribution in [0, 0.1) is 0 Å². The summed E-state index contributed by atoms with van der Waals surface area (Å²) in [4.78, 5) is 14.5. The summed E-state index contributed by atoms with van der Waals surface area (Å²) in [5.74, 6) is 1.47. The molecule has 28 heavy (non-hydrogen) atoms. The second-order valence-electron chi connectivity index (χ2n) is 6.98. The Morgan fingerprint density at radius 1 is 1.00 bits per heavy atom. The average Bonchev–Trinajstić information content (AvgIpc) is 2.73. The van der Waals surface area contributed by atoms with E-state index in [1.165, 1.54) is 5.56 Å². The van der Waals surface area contributed by atoms with Gasteiger partial charge >= 0.3 is 0 Å². The number of hydrogen-bond acceptors (Lipinski definition) is 4. The standard InChI is InChI=1S/C23H32N2O3/c1-18(25(2)16-8-11-19-9-6-5-7-10-19)23(26)24-15-14-20-12-13-21(27-3)22(17-20)28-4/h5-7,9-10,12-13,17-18H,8,11,14-16H2,1-4H3,(H,24,26). The highest BCUT2D eigenvalue weighted by Gasteiger charge is 2.17. The predicted molar refractivity (Wildman–Crippen MR) is 113 cm³/mol. The summed E-state index contributed by atoms with van der Waals surface area (Å²) >= 11 is 0. The third-order valence-electron chi connectivity index (χ3n) is 5.02. The van der Waals surface area contributed by atoms with Crippen molar-refractivity contribution in [1.82, 2.24) is 10.2 Å². The van der Waals surface area contributed by atoms with Crippen LogP contribution in [0.3, 0.4) is 0 Å². The molecule has 2 aromatic rings. The molecule has 0 aliphatic heterocycles. The van der Waals surface area contributed by atoms with E-state index in [0.717, 1.165) is 31.4 Å². The van der Waals surface area contributed by atoms with Crippen LogP contribution in [0.25, 0.3) is 0 Å². The molecule has 0 aliphatic carbocycles. The number of nitrogens with one attached hydrogen (secondary N) is 1. The van der Waals surface area contributed by atoms with Crippen LogP contribution in [-0.2, 0) is 17.6 Å². The summed E-state index contributed by atoms with van der Waals surface area (Å²) in [5.41, 5.74) is 2.43. The van der Waals surface area contributed by atoms with Gasteiger partial charge in [0.2, 0.25) is 5.91 Å². The van der Waals surface area contributed by atoms with Gasteiger partial charge < -0.3 is 14.8 Å². The van der Waals surface area contributed by atoms with Crippen molar-refractivity contribution in [2.75, 3.05) is 34.4 Å². The first-order valence-corrected chi connectivity index (χ1v) is 9.78. The summed E-state index contributed by atoms with van der Waals surface area (Å²) in [6, 6.07) is 16.1. The first-order valence-electron chi connectivity index (χ1n) is 9.78. The second kappa shape index (κ2) is 11.3. The number of hydrogen-bond donors (Lipinski definition) is 1. The highest BCUT2D eigenvalue weighted by Crippen LogP contribution is 2.27. The Morgan fingerprint density at radius 3 is 2.39 bits per heavy atom. The zero-order valence-electron chi connectivity index (χ0n) is 17.4. The highest BCUT2D eigenvalue weighted by molar-refractivity contribution is 5.81. The van der Waals surface area contributed by atoms with Crippen LogP contribution >= 0.6 is 0 Å². The third kappa shape index (κ3) is 6.57. The van der Waals surface area contributed by atoms with E-state index in [1.807, 2.05) is 38.2 Å². The number of ether oxygens (including phenoxy) is 2. The fourth-order valence-corrected chi connectivity index (χ4v) is 3.08. The lowest BCUT2D eigenvalue weighted by Crippen LogP contribution is -2.44. The molecule has 152 valence electrons. The number of nitrogens with zero attached hydrogens (tertiary/aromatic N) is 1. The molecule has 0 aromatic heterocycles. The number of amides is 1. The van der Waals surface area contributed by atoms with Crippen molar-refractivity contribution in [3.63, 3.8) is 0 Å². The molecular formula is C23H32N2O3. The molecule has 5 heteroatoms. The van der Waals surface area contributed by atoms with Gasteiger partial charge in [-0.2, -0.15) is 0 Å². The Balaban J connectivity index is 1.72. The van der Waals surface area contributed by atoms with Gasteiger partial charge in [0.1, 0.15) is 0 Å². The molecular weight excluding hydrogens is 352 g/mol. The first kappa shape index (κ1) is 21.8. The second-order valence-corrected chi connectivity index (χ2v) is 6.98. The average molecular weight is 385 g/mol. The van der Waals surface area contributed by atoms with Crippen LogP contribution in [0.5, 0.6) is 11.5 Å². The zero-order chi connectivity index (χ0) is 20.4. The number of likely N-dealkylation sites (N-methyl/N-ethyl adjacent to an activating group) is 1. The molecule has 0 spiro atoms. The van der Waals surface area contributed by atoms with Crippen molar-refractivity contribution in [1.29, 1.82) is 0 Å². The number of methoxy groups -OCH3 is 2. The molecule has 0 fully saturated rings. The van der Waals surface area contributed by atoms with Gasteiger partial charge in [-0.1, -0.05) is 36.4 Å². The van der Waals surface area contributed by atoms with E-state index in [-0.39, 0.29) is 11.9 Å². The summed E-state index contributed by atoms with van der Waals surface area (Å²) in [6.45, 7) is 3.43. The molecule has 0 heterocycles. The number of carbonyl (C=O) groups is 1. The van der Waals surface area contributed by atoms with Crippen molar-refractivity contribution < 1.29 is 14.3 Å². The van der Waals surface area contributed by atoms with Crippen LogP contribution in [0.1, 0.15) is 24.5 Å². The third-order valence-corrected chi connectivity index (χ3v) is 5.02. The Morgan fingerprint density at radius 2 is 1.71 bits per heavy atom. The van der Waals surface area contributed by atoms with Crippen LogP contribution in [0.15, 0.2) is 48.5 Å². The van der Waals surface area contributed by atoms with Gasteiger partial charge in [0.25, 0.3) is 0 Å². The normalized spacial score (nSPS) is 11.9. The Labute approximate surface area is 168 Å². The van der Waals surface area contributed by atoms with Crippen molar-refractivity contribution in [2.24, 2.45) is 0 Å². The van der Waals surface area contributed by atoms with Crippen molar-refractivity contribution >= 4 is 5.91 Å². The van der Waals surface area contributed by atoms with Crippen LogP contribution in [0.2, 0.25) is 0 Å². The minimum atomic E-state index is -0.152. The largest absolute Gasteiger partial charge is 0.493 e. The molecule has 0 radical (unpaired) electrons. The Hall–Kier alpha value is -2.53. The monoisotopic (exact) mass is 384 g/mol. The summed E-state index contributed by atoms with van der Waals surface area (Å²) in [5, 5.41) is 3.03. The smallest absolute Gasteiger partial charge is 0.237 e. The van der Waals surface area contributed by atoms with Gasteiger partial charge in [-0.05, 0) is 63.0 Å². The van der Waals surface area contributed by atoms with E-state index >= 15 is 0 Å². The highest BCUT2D eigenvalue weighted by atomic mass is 16.5. The lowest BCUT2D eigenvalue weighted by Gasteiger charge is -2.24. The molecule has 1 amide bonds. The molecule has 0 saturated heterocycles. The van der Waals surface area contributed by atoms with Gasteiger partial charge in [-0.25, -0.2) is 0 Å². The van der Waals surface area contributed by atoms with Gasteiger partial charge in [-0.3, -0.25) is 9.69 Å². The fraction of sp³-hybridized carbons (Fsp3) is 0.435. The van der Waals surface area contributed by atoms with E-state index in [0.29, 0.717) is 18.0 Å². The fourth-order valence-electron chi connectivity index (χ4n) is 3.08. The predicted octanol–water partition coefficient (Wildman–Crippen LogP) is 3.32. The lowest BCUT2D eigenvalue weighted by atomic mass is 10.1. The van der Waals surface area contributed by atoms with Crippen molar-refractivity contribution in [3.8, 4) is 11.5 Å². The Kier molecular flexibility index (Phi) is 8.82. The molecule has 0 aliphatic rings. The van der Waals surface area contributed by atoms with Crippen LogP contribution in [0.4, 0.5) is 0 Å². The molecule has 0 bridgehead atoms. The van der Waals surface area contributed by atoms with Gasteiger partial charge in [0.05, 0.1) is 20.3 Å². The van der Waals surface area contributed by atoms with Crippen LogP contribution < -0.4 is 14.8 Å². The first-order chi connectivity index (χ1) is 13.5. The minimum absolute atomic E-state index is 0.0580. The topological polar surface area (TPSA) is 50.8 Å². The van der Waals surface area contributed by atoms with Gasteiger partial charge in [-0.15, -0.1) is 0 Å². The van der Waals surface area contributed by atoms with Crippen LogP contribution in [-0.4, -0.2) is 51.2 Å². The maximum absolute atomic E-state index is 12.4. The molecule has 1 unspecified atom stereocenters. The van der Waals surface area contributed by atoms with Gasteiger partial charge in [0.15, 0.2) is 11.5 Å². The molecule has 2 aromatic carbocycles. The summed E-state index contributed by atoms with van der Waals surface area (Å²) in [6.07, 6.45) is 2.80. The van der Waals surface area contributed by atoms with E-state index in [1.54, 1.807) is 14.2 Å². The quantitative estimate of drug-likeness (QED) is 0.646. The minimum Gasteiger partial charge on any atom is -0.493 e. The summed E-state index contributed by atoms with van der Waals surface area (Å²) < 4.78 is 10.6. The lowest BCUT2D eigenvalue weighted by molar-refractivity contribution is -0.125.